The molecule has 0 aliphatic rings. The zero-order chi connectivity index (χ0) is 26.6. The second-order valence-corrected chi connectivity index (χ2v) is 12.3. The summed E-state index contributed by atoms with van der Waals surface area (Å²) < 4.78 is 26.3. The number of carbonyl (C=O) groups excluding carboxylic acids is 2. The van der Waals surface area contributed by atoms with E-state index in [-0.39, 0.29) is 23.2 Å². The van der Waals surface area contributed by atoms with Gasteiger partial charge in [-0.1, -0.05) is 60.0 Å². The summed E-state index contributed by atoms with van der Waals surface area (Å²) in [5, 5.41) is 3.37. The van der Waals surface area contributed by atoms with Gasteiger partial charge in [-0.2, -0.15) is 0 Å². The predicted octanol–water partition coefficient (Wildman–Crippen LogP) is 4.79. The number of sulfonamides is 1. The van der Waals surface area contributed by atoms with Crippen molar-refractivity contribution in [2.24, 2.45) is 0 Å². The molecule has 0 saturated heterocycles. The third-order valence-electron chi connectivity index (χ3n) is 5.18. The Labute approximate surface area is 218 Å². The van der Waals surface area contributed by atoms with Gasteiger partial charge >= 0.3 is 0 Å². The third kappa shape index (κ3) is 8.40. The molecule has 1 atom stereocenters. The van der Waals surface area contributed by atoms with E-state index < -0.39 is 34.1 Å². The Morgan fingerprint density at radius 2 is 1.74 bits per heavy atom. The first kappa shape index (κ1) is 28.9. The molecule has 0 aliphatic carbocycles. The number of aryl methyl sites for hydroxylation is 1. The molecular weight excluding hydrogens is 509 g/mol. The highest BCUT2D eigenvalue weighted by Crippen LogP contribution is 2.30. The normalized spacial score (nSPS) is 12.7. The molecular formula is C25H33Cl2N3O4S. The van der Waals surface area contributed by atoms with Crippen LogP contribution in [0.3, 0.4) is 0 Å². The maximum Gasteiger partial charge on any atom is 0.244 e. The summed E-state index contributed by atoms with van der Waals surface area (Å²) in [7, 11) is -3.89. The number of carbonyl (C=O) groups is 2. The summed E-state index contributed by atoms with van der Waals surface area (Å²) in [5.41, 5.74) is 1.47. The maximum absolute atomic E-state index is 13.7. The number of anilines is 1. The predicted molar refractivity (Wildman–Crippen MR) is 142 cm³/mol. The summed E-state index contributed by atoms with van der Waals surface area (Å²) in [6.45, 7) is 8.95. The van der Waals surface area contributed by atoms with Gasteiger partial charge in [-0.25, -0.2) is 8.42 Å². The largest absolute Gasteiger partial charge is 0.350 e. The number of nitrogens with one attached hydrogen (secondary N) is 1. The van der Waals surface area contributed by atoms with Gasteiger partial charge in [0.15, 0.2) is 0 Å². The number of halogens is 2. The van der Waals surface area contributed by atoms with Gasteiger partial charge in [-0.15, -0.1) is 0 Å². The topological polar surface area (TPSA) is 86.8 Å². The van der Waals surface area contributed by atoms with Gasteiger partial charge in [0.05, 0.1) is 17.0 Å². The second-order valence-electron chi connectivity index (χ2n) is 9.54. The lowest BCUT2D eigenvalue weighted by molar-refractivity contribution is -0.141. The van der Waals surface area contributed by atoms with Crippen LogP contribution in [0.15, 0.2) is 42.5 Å². The van der Waals surface area contributed by atoms with E-state index in [1.807, 2.05) is 58.9 Å². The van der Waals surface area contributed by atoms with Crippen LogP contribution in [0.1, 0.15) is 45.2 Å². The van der Waals surface area contributed by atoms with E-state index in [1.54, 1.807) is 0 Å². The van der Waals surface area contributed by atoms with Crippen molar-refractivity contribution in [3.05, 3.63) is 63.6 Å². The van der Waals surface area contributed by atoms with Gasteiger partial charge in [0, 0.05) is 17.1 Å². The van der Waals surface area contributed by atoms with Crippen molar-refractivity contribution in [3.8, 4) is 0 Å². The molecule has 0 bridgehead atoms. The van der Waals surface area contributed by atoms with Gasteiger partial charge in [0.1, 0.15) is 12.6 Å². The Hall–Kier alpha value is -2.29. The Bertz CT molecular complexity index is 1180. The highest BCUT2D eigenvalue weighted by molar-refractivity contribution is 7.92. The first-order valence-corrected chi connectivity index (χ1v) is 13.8. The molecule has 2 rings (SSSR count). The number of hydrogen-bond acceptors (Lipinski definition) is 4. The zero-order valence-electron chi connectivity index (χ0n) is 20.9. The maximum atomic E-state index is 13.7. The molecule has 2 aromatic rings. The second kappa shape index (κ2) is 11.6. The van der Waals surface area contributed by atoms with E-state index in [1.165, 1.54) is 23.1 Å². The van der Waals surface area contributed by atoms with Gasteiger partial charge in [-0.05, 0) is 57.9 Å². The number of benzene rings is 2. The summed E-state index contributed by atoms with van der Waals surface area (Å²) >= 11 is 12.2. The SMILES string of the molecule is CC[C@@H](C(=O)NC(C)(C)C)N(Cc1cccc(C)c1)C(=O)CN(c1ccc(Cl)cc1Cl)S(C)(=O)=O. The molecule has 2 aromatic carbocycles. The number of rotatable bonds is 9. The minimum atomic E-state index is -3.89. The van der Waals surface area contributed by atoms with Crippen LogP contribution in [-0.4, -0.2) is 49.5 Å². The molecule has 0 aliphatic heterocycles. The van der Waals surface area contributed by atoms with Crippen molar-refractivity contribution >= 4 is 50.7 Å². The van der Waals surface area contributed by atoms with E-state index in [2.05, 4.69) is 5.32 Å². The summed E-state index contributed by atoms with van der Waals surface area (Å²) in [6, 6.07) is 11.2. The zero-order valence-corrected chi connectivity index (χ0v) is 23.3. The lowest BCUT2D eigenvalue weighted by atomic mass is 10.0. The van der Waals surface area contributed by atoms with Gasteiger partial charge in [0.25, 0.3) is 0 Å². The molecule has 10 heteroatoms. The fourth-order valence-electron chi connectivity index (χ4n) is 3.66. The van der Waals surface area contributed by atoms with Crippen LogP contribution in [0.25, 0.3) is 0 Å². The molecule has 2 amide bonds. The van der Waals surface area contributed by atoms with Crippen LogP contribution >= 0.6 is 23.2 Å². The molecule has 0 radical (unpaired) electrons. The van der Waals surface area contributed by atoms with Crippen molar-refractivity contribution in [3.63, 3.8) is 0 Å². The Balaban J connectivity index is 2.49. The van der Waals surface area contributed by atoms with Crippen LogP contribution in [-0.2, 0) is 26.2 Å². The molecule has 7 nitrogen and oxygen atoms in total. The molecule has 35 heavy (non-hydrogen) atoms. The van der Waals surface area contributed by atoms with Crippen LogP contribution in [0.5, 0.6) is 0 Å². The average Bonchev–Trinajstić information content (AvgIpc) is 2.70. The third-order valence-corrected chi connectivity index (χ3v) is 6.84. The van der Waals surface area contributed by atoms with Crippen molar-refractivity contribution in [1.29, 1.82) is 0 Å². The number of amides is 2. The van der Waals surface area contributed by atoms with E-state index >= 15 is 0 Å². The van der Waals surface area contributed by atoms with Gasteiger partial charge < -0.3 is 10.2 Å². The first-order chi connectivity index (χ1) is 16.1. The van der Waals surface area contributed by atoms with Crippen LogP contribution in [0.4, 0.5) is 5.69 Å². The molecule has 1 N–H and O–H groups in total. The summed E-state index contributed by atoms with van der Waals surface area (Å²) in [6.07, 6.45) is 1.35. The van der Waals surface area contributed by atoms with E-state index in [0.29, 0.717) is 11.4 Å². The number of nitrogens with zero attached hydrogens (tertiary/aromatic N) is 2. The lowest BCUT2D eigenvalue weighted by Gasteiger charge is -2.34. The fourth-order valence-corrected chi connectivity index (χ4v) is 5.08. The van der Waals surface area contributed by atoms with Crippen molar-refractivity contribution in [1.82, 2.24) is 10.2 Å². The van der Waals surface area contributed by atoms with E-state index in [0.717, 1.165) is 21.7 Å². The Morgan fingerprint density at radius 1 is 1.09 bits per heavy atom. The molecule has 0 spiro atoms. The molecule has 192 valence electrons. The summed E-state index contributed by atoms with van der Waals surface area (Å²) in [4.78, 5) is 28.3. The van der Waals surface area contributed by atoms with Crippen molar-refractivity contribution in [2.75, 3.05) is 17.1 Å². The standard InChI is InChI=1S/C25H33Cl2N3O4S/c1-7-21(24(32)28-25(3,4)5)29(15-18-10-8-9-17(2)13-18)23(31)16-30(35(6,33)34)22-12-11-19(26)14-20(22)27/h8-14,21H,7,15-16H2,1-6H3,(H,28,32)/t21-/m0/s1. The minimum Gasteiger partial charge on any atom is -0.350 e. The average molecular weight is 543 g/mol. The molecule has 0 heterocycles. The van der Waals surface area contributed by atoms with Crippen molar-refractivity contribution < 1.29 is 18.0 Å². The van der Waals surface area contributed by atoms with Gasteiger partial charge in [0.2, 0.25) is 21.8 Å². The fraction of sp³-hybridized carbons (Fsp3) is 0.440. The highest BCUT2D eigenvalue weighted by atomic mass is 35.5. The van der Waals surface area contributed by atoms with Gasteiger partial charge in [-0.3, -0.25) is 13.9 Å². The Kier molecular flexibility index (Phi) is 9.62. The quantitative estimate of drug-likeness (QED) is 0.494. The highest BCUT2D eigenvalue weighted by Gasteiger charge is 2.33. The number of hydrogen-bond donors (Lipinski definition) is 1. The lowest BCUT2D eigenvalue weighted by Crippen LogP contribution is -2.55. The van der Waals surface area contributed by atoms with Crippen LogP contribution in [0.2, 0.25) is 10.0 Å². The van der Waals surface area contributed by atoms with Crippen LogP contribution < -0.4 is 9.62 Å². The smallest absolute Gasteiger partial charge is 0.244 e. The molecule has 0 fully saturated rings. The molecule has 0 aromatic heterocycles. The van der Waals surface area contributed by atoms with Crippen LogP contribution in [0, 0.1) is 6.92 Å². The van der Waals surface area contributed by atoms with E-state index in [9.17, 15) is 18.0 Å². The molecule has 0 unspecified atom stereocenters. The van der Waals surface area contributed by atoms with E-state index in [4.69, 9.17) is 23.2 Å². The Morgan fingerprint density at radius 3 is 2.26 bits per heavy atom. The molecule has 0 saturated carbocycles. The minimum absolute atomic E-state index is 0.0958. The monoisotopic (exact) mass is 541 g/mol. The first-order valence-electron chi connectivity index (χ1n) is 11.2. The van der Waals surface area contributed by atoms with Crippen molar-refractivity contribution in [2.45, 2.75) is 59.2 Å². The summed E-state index contributed by atoms with van der Waals surface area (Å²) in [5.74, 6) is -0.838.